The number of carbonyl (C=O) groups is 1. The number of tetrazole rings is 1. The second-order valence-corrected chi connectivity index (χ2v) is 7.98. The van der Waals surface area contributed by atoms with Gasteiger partial charge in [0.1, 0.15) is 5.78 Å². The fourth-order valence-corrected chi connectivity index (χ4v) is 4.04. The van der Waals surface area contributed by atoms with Gasteiger partial charge in [0.05, 0.1) is 0 Å². The summed E-state index contributed by atoms with van der Waals surface area (Å²) in [5.41, 5.74) is 2.54. The van der Waals surface area contributed by atoms with E-state index in [1.807, 2.05) is 0 Å². The zero-order valence-corrected chi connectivity index (χ0v) is 17.3. The number of hydrogen-bond acceptors (Lipinski definition) is 6. The van der Waals surface area contributed by atoms with E-state index in [9.17, 15) is 4.79 Å². The number of aromatic nitrogens is 4. The lowest BCUT2D eigenvalue weighted by atomic mass is 9.81. The molecule has 0 saturated carbocycles. The first-order valence-corrected chi connectivity index (χ1v) is 10.3. The minimum atomic E-state index is -0.0763. The number of likely N-dealkylation sites (N-methyl/N-ethyl adjacent to an activating group) is 1. The lowest BCUT2D eigenvalue weighted by molar-refractivity contribution is -0.121. The van der Waals surface area contributed by atoms with Crippen LogP contribution < -0.4 is 0 Å². The minimum Gasteiger partial charge on any atom is -0.304 e. The maximum atomic E-state index is 12.3. The van der Waals surface area contributed by atoms with E-state index >= 15 is 0 Å². The second-order valence-electron chi connectivity index (χ2n) is 7.98. The summed E-state index contributed by atoms with van der Waals surface area (Å²) in [6.45, 7) is 9.28. The zero-order valence-electron chi connectivity index (χ0n) is 17.3. The molecule has 0 spiro atoms. The Balaban J connectivity index is 1.68. The van der Waals surface area contributed by atoms with Crippen LogP contribution in [0.5, 0.6) is 0 Å². The third kappa shape index (κ3) is 5.45. The highest BCUT2D eigenvalue weighted by Gasteiger charge is 2.29. The smallest absolute Gasteiger partial charge is 0.178 e. The van der Waals surface area contributed by atoms with Crippen molar-refractivity contribution in [3.8, 4) is 0 Å². The summed E-state index contributed by atoms with van der Waals surface area (Å²) in [5, 5.41) is 14.6. The van der Waals surface area contributed by atoms with Crippen LogP contribution in [0.3, 0.4) is 0 Å². The molecule has 1 saturated heterocycles. The number of nitrogens with zero attached hydrogens (tertiary/aromatic N) is 5. The Hall–Kier alpha value is -2.12. The van der Waals surface area contributed by atoms with E-state index in [-0.39, 0.29) is 17.6 Å². The van der Waals surface area contributed by atoms with Crippen LogP contribution in [0.4, 0.5) is 0 Å². The molecule has 0 aliphatic carbocycles. The monoisotopic (exact) mass is 384 g/mol. The van der Waals surface area contributed by atoms with Crippen LogP contribution in [0.25, 0.3) is 0 Å². The maximum Gasteiger partial charge on any atom is 0.178 e. The van der Waals surface area contributed by atoms with E-state index in [4.69, 9.17) is 0 Å². The third-order valence-electron chi connectivity index (χ3n) is 5.78. The first-order valence-electron chi connectivity index (χ1n) is 10.3. The van der Waals surface area contributed by atoms with Crippen LogP contribution in [-0.4, -0.2) is 69.4 Å². The molecule has 152 valence electrons. The summed E-state index contributed by atoms with van der Waals surface area (Å²) in [6, 6.07) is 8.79. The number of Topliss-reactive ketones (excluding diaryl/α,β-unsaturated/α-hetero) is 1. The van der Waals surface area contributed by atoms with Crippen LogP contribution >= 0.6 is 0 Å². The molecular weight excluding hydrogens is 352 g/mol. The molecule has 3 rings (SSSR count). The quantitative estimate of drug-likeness (QED) is 0.715. The molecule has 2 aromatic rings. The SMILES string of the molecule is CCC[C@H](C(C)=O)[C@H](Cc1ccc(CN2CCN(C)CC2)cc1)c1nn[nH]n1. The number of nitrogens with one attached hydrogen (secondary N) is 1. The predicted octanol–water partition coefficient (Wildman–Crippen LogP) is 2.28. The van der Waals surface area contributed by atoms with E-state index in [0.29, 0.717) is 5.82 Å². The Morgan fingerprint density at radius 2 is 1.82 bits per heavy atom. The fraction of sp³-hybridized carbons (Fsp3) is 0.619. The van der Waals surface area contributed by atoms with Gasteiger partial charge < -0.3 is 4.90 Å². The molecule has 0 radical (unpaired) electrons. The van der Waals surface area contributed by atoms with Crippen molar-refractivity contribution in [1.82, 2.24) is 30.4 Å². The number of ketones is 1. The van der Waals surface area contributed by atoms with Crippen molar-refractivity contribution in [2.75, 3.05) is 33.2 Å². The van der Waals surface area contributed by atoms with Crippen LogP contribution in [0.15, 0.2) is 24.3 Å². The third-order valence-corrected chi connectivity index (χ3v) is 5.78. The Kier molecular flexibility index (Phi) is 7.28. The van der Waals surface area contributed by atoms with Gasteiger partial charge in [0.15, 0.2) is 5.82 Å². The van der Waals surface area contributed by atoms with Crippen molar-refractivity contribution in [2.24, 2.45) is 5.92 Å². The van der Waals surface area contributed by atoms with Gasteiger partial charge in [-0.3, -0.25) is 9.69 Å². The van der Waals surface area contributed by atoms with E-state index < -0.39 is 0 Å². The van der Waals surface area contributed by atoms with Crippen molar-refractivity contribution >= 4 is 5.78 Å². The number of H-pyrrole nitrogens is 1. The van der Waals surface area contributed by atoms with Crippen LogP contribution in [0.2, 0.25) is 0 Å². The fourth-order valence-electron chi connectivity index (χ4n) is 4.04. The summed E-state index contributed by atoms with van der Waals surface area (Å²) in [6.07, 6.45) is 2.55. The topological polar surface area (TPSA) is 78.0 Å². The Labute approximate surface area is 167 Å². The van der Waals surface area contributed by atoms with Gasteiger partial charge in [0, 0.05) is 44.6 Å². The number of aromatic amines is 1. The second kappa shape index (κ2) is 9.89. The van der Waals surface area contributed by atoms with E-state index in [0.717, 1.165) is 52.0 Å². The average Bonchev–Trinajstić information content (AvgIpc) is 3.22. The summed E-state index contributed by atoms with van der Waals surface area (Å²) in [7, 11) is 2.18. The molecule has 7 heteroatoms. The maximum absolute atomic E-state index is 12.3. The molecule has 2 heterocycles. The molecule has 1 fully saturated rings. The highest BCUT2D eigenvalue weighted by molar-refractivity contribution is 5.79. The molecule has 0 bridgehead atoms. The predicted molar refractivity (Wildman–Crippen MR) is 109 cm³/mol. The summed E-state index contributed by atoms with van der Waals surface area (Å²) < 4.78 is 0. The summed E-state index contributed by atoms with van der Waals surface area (Å²) >= 11 is 0. The highest BCUT2D eigenvalue weighted by Crippen LogP contribution is 2.30. The van der Waals surface area contributed by atoms with Gasteiger partial charge in [0.25, 0.3) is 0 Å². The molecule has 7 nitrogen and oxygen atoms in total. The van der Waals surface area contributed by atoms with Crippen molar-refractivity contribution in [3.05, 3.63) is 41.2 Å². The van der Waals surface area contributed by atoms with E-state index in [2.05, 4.69) is 68.7 Å². The first kappa shape index (κ1) is 20.6. The first-order chi connectivity index (χ1) is 13.6. The van der Waals surface area contributed by atoms with Gasteiger partial charge in [-0.15, -0.1) is 10.2 Å². The van der Waals surface area contributed by atoms with Crippen LogP contribution in [-0.2, 0) is 17.8 Å². The van der Waals surface area contributed by atoms with Crippen molar-refractivity contribution in [2.45, 2.75) is 45.6 Å². The van der Waals surface area contributed by atoms with Gasteiger partial charge in [-0.1, -0.05) is 42.8 Å². The number of hydrogen-bond donors (Lipinski definition) is 1. The molecule has 1 N–H and O–H groups in total. The molecule has 28 heavy (non-hydrogen) atoms. The minimum absolute atomic E-state index is 0.0420. The number of benzene rings is 1. The molecule has 1 aromatic heterocycles. The number of piperazine rings is 1. The lowest BCUT2D eigenvalue weighted by Gasteiger charge is -2.32. The molecule has 0 unspecified atom stereocenters. The van der Waals surface area contributed by atoms with Crippen LogP contribution in [0.1, 0.15) is 49.6 Å². The number of carbonyl (C=O) groups excluding carboxylic acids is 1. The Morgan fingerprint density at radius 1 is 1.14 bits per heavy atom. The van der Waals surface area contributed by atoms with Gasteiger partial charge in [0.2, 0.25) is 0 Å². The van der Waals surface area contributed by atoms with Gasteiger partial charge in [-0.2, -0.15) is 5.21 Å². The molecule has 2 atom stereocenters. The van der Waals surface area contributed by atoms with E-state index in [1.54, 1.807) is 6.92 Å². The van der Waals surface area contributed by atoms with Gasteiger partial charge in [-0.25, -0.2) is 0 Å². The average molecular weight is 385 g/mol. The summed E-state index contributed by atoms with van der Waals surface area (Å²) in [5.74, 6) is 0.714. The van der Waals surface area contributed by atoms with Gasteiger partial charge in [-0.05, 0) is 37.9 Å². The van der Waals surface area contributed by atoms with Crippen molar-refractivity contribution < 1.29 is 4.79 Å². The van der Waals surface area contributed by atoms with Gasteiger partial charge >= 0.3 is 0 Å². The highest BCUT2D eigenvalue weighted by atomic mass is 16.1. The van der Waals surface area contributed by atoms with Crippen molar-refractivity contribution in [3.63, 3.8) is 0 Å². The van der Waals surface area contributed by atoms with E-state index in [1.165, 1.54) is 11.1 Å². The zero-order chi connectivity index (χ0) is 19.9. The molecule has 0 amide bonds. The number of rotatable bonds is 9. The van der Waals surface area contributed by atoms with Crippen molar-refractivity contribution in [1.29, 1.82) is 0 Å². The standard InChI is InChI=1S/C21H32N6O/c1-4-5-19(16(2)28)20(21-22-24-25-23-21)14-17-6-8-18(9-7-17)15-27-12-10-26(3)11-13-27/h6-9,19-20H,4-5,10-15H2,1-3H3,(H,22,23,24,25)/t19-,20+/m1/s1. The molecular formula is C21H32N6O. The largest absolute Gasteiger partial charge is 0.304 e. The summed E-state index contributed by atoms with van der Waals surface area (Å²) in [4.78, 5) is 17.1. The molecule has 1 aliphatic heterocycles. The lowest BCUT2D eigenvalue weighted by Crippen LogP contribution is -2.43. The molecule has 1 aliphatic rings. The Morgan fingerprint density at radius 3 is 2.39 bits per heavy atom. The van der Waals surface area contributed by atoms with Crippen LogP contribution in [0, 0.1) is 5.92 Å². The molecule has 1 aromatic carbocycles. The normalized spacial score (nSPS) is 18.1. The Bertz CT molecular complexity index is 722.